The number of alkyl halides is 3. The van der Waals surface area contributed by atoms with Crippen molar-refractivity contribution in [2.24, 2.45) is 0 Å². The minimum atomic E-state index is -1.82. The number of nitrogens with one attached hydrogen (secondary N) is 3. The van der Waals surface area contributed by atoms with Gasteiger partial charge in [-0.1, -0.05) is 46.9 Å². The number of alkyl carbamates (subject to hydrolysis) is 1. The van der Waals surface area contributed by atoms with Crippen LogP contribution < -0.4 is 16.0 Å². The minimum Gasteiger partial charge on any atom is -0.450 e. The van der Waals surface area contributed by atoms with Crippen LogP contribution in [0.5, 0.6) is 0 Å². The minimum absolute atomic E-state index is 0.198. The first-order valence-corrected chi connectivity index (χ1v) is 8.32. The van der Waals surface area contributed by atoms with Crippen molar-refractivity contribution in [1.82, 2.24) is 10.6 Å². The van der Waals surface area contributed by atoms with Crippen molar-refractivity contribution >= 4 is 63.9 Å². The van der Waals surface area contributed by atoms with Crippen LogP contribution in [0.15, 0.2) is 18.2 Å². The second kappa shape index (κ2) is 8.78. The molecule has 1 amide bonds. The van der Waals surface area contributed by atoms with E-state index in [0.717, 1.165) is 16.8 Å². The molecule has 0 aliphatic rings. The van der Waals surface area contributed by atoms with E-state index in [1.165, 1.54) is 0 Å². The molecule has 0 aliphatic carbocycles. The molecule has 1 aromatic carbocycles. The highest BCUT2D eigenvalue weighted by Gasteiger charge is 2.35. The fourth-order valence-electron chi connectivity index (χ4n) is 1.65. The Kier molecular flexibility index (Phi) is 7.67. The molecule has 23 heavy (non-hydrogen) atoms. The van der Waals surface area contributed by atoms with Gasteiger partial charge in [-0.25, -0.2) is 4.79 Å². The Morgan fingerprint density at radius 3 is 2.52 bits per heavy atom. The van der Waals surface area contributed by atoms with Crippen molar-refractivity contribution in [1.29, 1.82) is 0 Å². The van der Waals surface area contributed by atoms with Gasteiger partial charge in [-0.05, 0) is 50.2 Å². The zero-order chi connectivity index (χ0) is 17.6. The third-order valence-corrected chi connectivity index (χ3v) is 3.66. The molecular formula is C14H18Cl3N3O2S. The van der Waals surface area contributed by atoms with Crippen LogP contribution in [0.3, 0.4) is 0 Å². The van der Waals surface area contributed by atoms with Crippen molar-refractivity contribution in [2.75, 3.05) is 11.9 Å². The van der Waals surface area contributed by atoms with Crippen LogP contribution in [-0.4, -0.2) is 27.8 Å². The van der Waals surface area contributed by atoms with E-state index < -0.39 is 16.1 Å². The summed E-state index contributed by atoms with van der Waals surface area (Å²) in [7, 11) is 0. The maximum Gasteiger partial charge on any atom is 0.408 e. The summed E-state index contributed by atoms with van der Waals surface area (Å²) in [5.41, 5.74) is 2.90. The number of halogens is 3. The van der Waals surface area contributed by atoms with Crippen molar-refractivity contribution in [3.8, 4) is 0 Å². The Labute approximate surface area is 156 Å². The largest absolute Gasteiger partial charge is 0.450 e. The van der Waals surface area contributed by atoms with Gasteiger partial charge in [-0.3, -0.25) is 5.32 Å². The maximum atomic E-state index is 11.5. The van der Waals surface area contributed by atoms with Crippen LogP contribution in [0.25, 0.3) is 0 Å². The van der Waals surface area contributed by atoms with Gasteiger partial charge in [0.05, 0.1) is 6.61 Å². The SMILES string of the molecule is CCOC(=O)NC(NC(=S)Nc1cc(C)ccc1C)C(Cl)(Cl)Cl. The number of anilines is 1. The molecule has 1 aromatic rings. The number of amides is 1. The van der Waals surface area contributed by atoms with Crippen LogP contribution in [0.1, 0.15) is 18.1 Å². The van der Waals surface area contributed by atoms with Crippen LogP contribution in [-0.2, 0) is 4.74 Å². The average Bonchev–Trinajstić information content (AvgIpc) is 2.41. The molecule has 1 atom stereocenters. The second-order valence-electron chi connectivity index (χ2n) is 4.76. The molecule has 9 heteroatoms. The standard InChI is InChI=1S/C14H18Cl3N3O2S/c1-4-22-13(21)20-11(14(15,16)17)19-12(23)18-10-7-8(2)5-6-9(10)3/h5-7,11H,4H2,1-3H3,(H,20,21)(H2,18,19,23). The molecule has 0 bridgehead atoms. The smallest absolute Gasteiger partial charge is 0.408 e. The molecule has 128 valence electrons. The first kappa shape index (κ1) is 20.1. The van der Waals surface area contributed by atoms with Gasteiger partial charge in [0.2, 0.25) is 3.79 Å². The third kappa shape index (κ3) is 6.99. The van der Waals surface area contributed by atoms with E-state index in [1.54, 1.807) is 6.92 Å². The number of carbonyl (C=O) groups is 1. The zero-order valence-electron chi connectivity index (χ0n) is 12.9. The summed E-state index contributed by atoms with van der Waals surface area (Å²) < 4.78 is 2.95. The number of thiocarbonyl (C=S) groups is 1. The van der Waals surface area contributed by atoms with Crippen molar-refractivity contribution in [3.05, 3.63) is 29.3 Å². The van der Waals surface area contributed by atoms with E-state index in [2.05, 4.69) is 16.0 Å². The van der Waals surface area contributed by atoms with Gasteiger partial charge >= 0.3 is 6.09 Å². The molecule has 3 N–H and O–H groups in total. The summed E-state index contributed by atoms with van der Waals surface area (Å²) >= 11 is 22.8. The summed E-state index contributed by atoms with van der Waals surface area (Å²) in [4.78, 5) is 11.5. The average molecular weight is 399 g/mol. The topological polar surface area (TPSA) is 62.4 Å². The van der Waals surface area contributed by atoms with Gasteiger partial charge in [-0.2, -0.15) is 0 Å². The Bertz CT molecular complexity index is 579. The van der Waals surface area contributed by atoms with Gasteiger partial charge in [0.25, 0.3) is 0 Å². The van der Waals surface area contributed by atoms with Gasteiger partial charge in [0, 0.05) is 5.69 Å². The highest BCUT2D eigenvalue weighted by Crippen LogP contribution is 2.29. The summed E-state index contributed by atoms with van der Waals surface area (Å²) in [5, 5.41) is 8.37. The van der Waals surface area contributed by atoms with Gasteiger partial charge in [-0.15, -0.1) is 0 Å². The lowest BCUT2D eigenvalue weighted by molar-refractivity contribution is 0.147. The highest BCUT2D eigenvalue weighted by molar-refractivity contribution is 7.80. The number of carbonyl (C=O) groups excluding carboxylic acids is 1. The molecule has 0 aromatic heterocycles. The first-order valence-electron chi connectivity index (χ1n) is 6.78. The molecule has 0 fully saturated rings. The number of benzene rings is 1. The molecule has 0 spiro atoms. The van der Waals surface area contributed by atoms with Crippen LogP contribution >= 0.6 is 47.0 Å². The number of hydrogen-bond donors (Lipinski definition) is 3. The molecule has 1 unspecified atom stereocenters. The fraction of sp³-hybridized carbons (Fsp3) is 0.429. The molecular weight excluding hydrogens is 381 g/mol. The summed E-state index contributed by atoms with van der Waals surface area (Å²) in [6.45, 7) is 5.77. The first-order chi connectivity index (χ1) is 10.6. The maximum absolute atomic E-state index is 11.5. The molecule has 0 heterocycles. The lowest BCUT2D eigenvalue weighted by atomic mass is 10.1. The molecule has 0 saturated heterocycles. The number of hydrogen-bond acceptors (Lipinski definition) is 3. The molecule has 0 aliphatic heterocycles. The number of rotatable bonds is 4. The van der Waals surface area contributed by atoms with Gasteiger partial charge in [0.1, 0.15) is 0 Å². The normalized spacial score (nSPS) is 12.3. The Morgan fingerprint density at radius 2 is 1.96 bits per heavy atom. The fourth-order valence-corrected chi connectivity index (χ4v) is 2.21. The zero-order valence-corrected chi connectivity index (χ0v) is 16.0. The Morgan fingerprint density at radius 1 is 1.30 bits per heavy atom. The molecule has 0 saturated carbocycles. The lowest BCUT2D eigenvalue weighted by Crippen LogP contribution is -2.56. The summed E-state index contributed by atoms with van der Waals surface area (Å²) in [6.07, 6.45) is -1.78. The summed E-state index contributed by atoms with van der Waals surface area (Å²) in [6, 6.07) is 5.89. The van der Waals surface area contributed by atoms with Gasteiger partial charge in [0.15, 0.2) is 11.3 Å². The third-order valence-electron chi connectivity index (χ3n) is 2.78. The van der Waals surface area contributed by atoms with Crippen LogP contribution in [0.2, 0.25) is 0 Å². The van der Waals surface area contributed by atoms with E-state index in [9.17, 15) is 4.79 Å². The molecule has 5 nitrogen and oxygen atoms in total. The Balaban J connectivity index is 2.77. The molecule has 1 rings (SSSR count). The molecule has 0 radical (unpaired) electrons. The Hall–Kier alpha value is -0.950. The quantitative estimate of drug-likeness (QED) is 0.406. The van der Waals surface area contributed by atoms with E-state index in [1.807, 2.05) is 32.0 Å². The highest BCUT2D eigenvalue weighted by atomic mass is 35.6. The van der Waals surface area contributed by atoms with Crippen LogP contribution in [0, 0.1) is 13.8 Å². The monoisotopic (exact) mass is 397 g/mol. The second-order valence-corrected chi connectivity index (χ2v) is 7.53. The van der Waals surface area contributed by atoms with E-state index in [-0.39, 0.29) is 11.7 Å². The van der Waals surface area contributed by atoms with Crippen molar-refractivity contribution < 1.29 is 9.53 Å². The lowest BCUT2D eigenvalue weighted by Gasteiger charge is -2.27. The summed E-state index contributed by atoms with van der Waals surface area (Å²) in [5.74, 6) is 0. The van der Waals surface area contributed by atoms with E-state index in [0.29, 0.717) is 0 Å². The van der Waals surface area contributed by atoms with Gasteiger partial charge < -0.3 is 15.4 Å². The van der Waals surface area contributed by atoms with E-state index >= 15 is 0 Å². The predicted octanol–water partition coefficient (Wildman–Crippen LogP) is 4.03. The predicted molar refractivity (Wildman–Crippen MR) is 99.5 cm³/mol. The number of aryl methyl sites for hydroxylation is 2. The van der Waals surface area contributed by atoms with Crippen molar-refractivity contribution in [3.63, 3.8) is 0 Å². The number of ether oxygens (including phenoxy) is 1. The van der Waals surface area contributed by atoms with Crippen molar-refractivity contribution in [2.45, 2.75) is 30.7 Å². The van der Waals surface area contributed by atoms with Crippen LogP contribution in [0.4, 0.5) is 10.5 Å². The van der Waals surface area contributed by atoms with E-state index in [4.69, 9.17) is 51.8 Å².